The van der Waals surface area contributed by atoms with E-state index < -0.39 is 0 Å². The van der Waals surface area contributed by atoms with Crippen LogP contribution in [0.2, 0.25) is 0 Å². The van der Waals surface area contributed by atoms with E-state index in [1.165, 1.54) is 11.3 Å². The second-order valence-corrected chi connectivity index (χ2v) is 6.55. The van der Waals surface area contributed by atoms with Crippen molar-refractivity contribution >= 4 is 17.2 Å². The van der Waals surface area contributed by atoms with Gasteiger partial charge in [-0.1, -0.05) is 0 Å². The predicted octanol–water partition coefficient (Wildman–Crippen LogP) is 0.575. The molecule has 1 amide bonds. The summed E-state index contributed by atoms with van der Waals surface area (Å²) in [6, 6.07) is 0. The van der Waals surface area contributed by atoms with Crippen LogP contribution in [0.1, 0.15) is 20.4 Å². The standard InChI is InChI=1S/C14H24N4O2S/c1-11-13(14(19)15-4-5-17(2)3)21-12(16-11)10-18-6-8-20-9-7-18/h4-10H2,1-3H3,(H,15,19). The molecule has 0 radical (unpaired) electrons. The lowest BCUT2D eigenvalue weighted by molar-refractivity contribution is 0.0341. The van der Waals surface area contributed by atoms with E-state index in [-0.39, 0.29) is 5.91 Å². The molecule has 0 saturated carbocycles. The monoisotopic (exact) mass is 312 g/mol. The quantitative estimate of drug-likeness (QED) is 0.832. The molecule has 6 nitrogen and oxygen atoms in total. The average molecular weight is 312 g/mol. The zero-order valence-electron chi connectivity index (χ0n) is 13.0. The van der Waals surface area contributed by atoms with Crippen LogP contribution < -0.4 is 5.32 Å². The highest BCUT2D eigenvalue weighted by molar-refractivity contribution is 7.13. The predicted molar refractivity (Wildman–Crippen MR) is 83.8 cm³/mol. The van der Waals surface area contributed by atoms with Crippen LogP contribution in [0.15, 0.2) is 0 Å². The Kier molecular flexibility index (Phi) is 6.10. The number of nitrogens with zero attached hydrogens (tertiary/aromatic N) is 3. The number of hydrogen-bond donors (Lipinski definition) is 1. The molecule has 0 spiro atoms. The van der Waals surface area contributed by atoms with E-state index in [1.54, 1.807) is 0 Å². The summed E-state index contributed by atoms with van der Waals surface area (Å²) in [6.07, 6.45) is 0. The first-order chi connectivity index (χ1) is 10.1. The fourth-order valence-corrected chi connectivity index (χ4v) is 3.18. The lowest BCUT2D eigenvalue weighted by Crippen LogP contribution is -2.35. The summed E-state index contributed by atoms with van der Waals surface area (Å²) >= 11 is 1.50. The summed E-state index contributed by atoms with van der Waals surface area (Å²) < 4.78 is 5.34. The molecular weight excluding hydrogens is 288 g/mol. The summed E-state index contributed by atoms with van der Waals surface area (Å²) in [6.45, 7) is 7.63. The van der Waals surface area contributed by atoms with Gasteiger partial charge in [0, 0.05) is 26.2 Å². The molecule has 1 aliphatic rings. The van der Waals surface area contributed by atoms with E-state index in [9.17, 15) is 4.79 Å². The maximum Gasteiger partial charge on any atom is 0.263 e. The highest BCUT2D eigenvalue weighted by Crippen LogP contribution is 2.19. The van der Waals surface area contributed by atoms with Gasteiger partial charge in [-0.05, 0) is 21.0 Å². The topological polar surface area (TPSA) is 57.7 Å². The number of ether oxygens (including phenoxy) is 1. The summed E-state index contributed by atoms with van der Waals surface area (Å²) in [5.41, 5.74) is 0.825. The number of thiazole rings is 1. The van der Waals surface area contributed by atoms with Gasteiger partial charge >= 0.3 is 0 Å². The van der Waals surface area contributed by atoms with Crippen molar-refractivity contribution in [1.29, 1.82) is 0 Å². The number of aryl methyl sites for hydroxylation is 1. The van der Waals surface area contributed by atoms with Crippen molar-refractivity contribution in [3.8, 4) is 0 Å². The number of hydrogen-bond acceptors (Lipinski definition) is 6. The van der Waals surface area contributed by atoms with Gasteiger partial charge in [0.1, 0.15) is 9.88 Å². The highest BCUT2D eigenvalue weighted by Gasteiger charge is 2.18. The second kappa shape index (κ2) is 7.84. The zero-order valence-corrected chi connectivity index (χ0v) is 13.8. The third-order valence-corrected chi connectivity index (χ3v) is 4.50. The first kappa shape index (κ1) is 16.4. The Morgan fingerprint density at radius 1 is 1.43 bits per heavy atom. The molecule has 118 valence electrons. The number of nitrogens with one attached hydrogen (secondary N) is 1. The number of amides is 1. The van der Waals surface area contributed by atoms with Gasteiger partial charge in [-0.25, -0.2) is 4.98 Å². The van der Waals surface area contributed by atoms with Crippen molar-refractivity contribution < 1.29 is 9.53 Å². The van der Waals surface area contributed by atoms with Gasteiger partial charge in [-0.2, -0.15) is 0 Å². The van der Waals surface area contributed by atoms with Crippen molar-refractivity contribution in [2.24, 2.45) is 0 Å². The van der Waals surface area contributed by atoms with Crippen molar-refractivity contribution in [3.63, 3.8) is 0 Å². The Bertz CT molecular complexity index is 470. The Labute approximate surface area is 130 Å². The van der Waals surface area contributed by atoms with Gasteiger partial charge in [0.25, 0.3) is 5.91 Å². The molecular formula is C14H24N4O2S. The molecule has 0 atom stereocenters. The Morgan fingerprint density at radius 3 is 2.81 bits per heavy atom. The van der Waals surface area contributed by atoms with E-state index in [4.69, 9.17) is 4.74 Å². The number of aromatic nitrogens is 1. The zero-order chi connectivity index (χ0) is 15.2. The summed E-state index contributed by atoms with van der Waals surface area (Å²) in [7, 11) is 3.98. The molecule has 21 heavy (non-hydrogen) atoms. The fraction of sp³-hybridized carbons (Fsp3) is 0.714. The number of carbonyl (C=O) groups excluding carboxylic acids is 1. The van der Waals surface area contributed by atoms with Gasteiger partial charge in [0.2, 0.25) is 0 Å². The largest absolute Gasteiger partial charge is 0.379 e. The number of carbonyl (C=O) groups is 1. The highest BCUT2D eigenvalue weighted by atomic mass is 32.1. The van der Waals surface area contributed by atoms with Crippen LogP contribution in [0.5, 0.6) is 0 Å². The third kappa shape index (κ3) is 5.03. The van der Waals surface area contributed by atoms with Crippen LogP contribution >= 0.6 is 11.3 Å². The number of rotatable bonds is 6. The first-order valence-electron chi connectivity index (χ1n) is 7.25. The van der Waals surface area contributed by atoms with Crippen LogP contribution in [0.4, 0.5) is 0 Å². The normalized spacial score (nSPS) is 16.4. The lowest BCUT2D eigenvalue weighted by Gasteiger charge is -2.25. The first-order valence-corrected chi connectivity index (χ1v) is 8.07. The second-order valence-electron chi connectivity index (χ2n) is 5.47. The maximum absolute atomic E-state index is 12.2. The molecule has 1 fully saturated rings. The molecule has 0 aliphatic carbocycles. The van der Waals surface area contributed by atoms with E-state index in [2.05, 4.69) is 15.2 Å². The van der Waals surface area contributed by atoms with Crippen LogP contribution in [-0.4, -0.2) is 74.2 Å². The molecule has 2 rings (SSSR count). The Hall–Kier alpha value is -1.02. The number of likely N-dealkylation sites (N-methyl/N-ethyl adjacent to an activating group) is 1. The molecule has 1 N–H and O–H groups in total. The van der Waals surface area contributed by atoms with Crippen molar-refractivity contribution in [2.45, 2.75) is 13.5 Å². The maximum atomic E-state index is 12.2. The summed E-state index contributed by atoms with van der Waals surface area (Å²) in [4.78, 5) is 21.8. The van der Waals surface area contributed by atoms with Crippen LogP contribution in [0.3, 0.4) is 0 Å². The molecule has 1 aromatic rings. The van der Waals surface area contributed by atoms with Gasteiger partial charge in [-0.3, -0.25) is 9.69 Å². The average Bonchev–Trinajstić information content (AvgIpc) is 2.80. The molecule has 7 heteroatoms. The lowest BCUT2D eigenvalue weighted by atomic mass is 10.3. The minimum absolute atomic E-state index is 0.0138. The van der Waals surface area contributed by atoms with Gasteiger partial charge in [0.15, 0.2) is 0 Å². The van der Waals surface area contributed by atoms with Crippen LogP contribution in [0, 0.1) is 6.92 Å². The molecule has 2 heterocycles. The van der Waals surface area contributed by atoms with Gasteiger partial charge < -0.3 is 15.0 Å². The fourth-order valence-electron chi connectivity index (χ4n) is 2.15. The Balaban J connectivity index is 1.90. The van der Waals surface area contributed by atoms with Crippen molar-refractivity contribution in [2.75, 3.05) is 53.5 Å². The molecule has 0 bridgehead atoms. The van der Waals surface area contributed by atoms with Crippen LogP contribution in [-0.2, 0) is 11.3 Å². The van der Waals surface area contributed by atoms with E-state index in [0.29, 0.717) is 6.54 Å². The third-order valence-electron chi connectivity index (χ3n) is 3.35. The molecule has 0 unspecified atom stereocenters. The summed E-state index contributed by atoms with van der Waals surface area (Å²) in [5.74, 6) is -0.0138. The molecule has 1 aromatic heterocycles. The van der Waals surface area contributed by atoms with E-state index in [0.717, 1.165) is 55.0 Å². The van der Waals surface area contributed by atoms with Crippen LogP contribution in [0.25, 0.3) is 0 Å². The SMILES string of the molecule is Cc1nc(CN2CCOCC2)sc1C(=O)NCCN(C)C. The van der Waals surface area contributed by atoms with E-state index in [1.807, 2.05) is 25.9 Å². The minimum atomic E-state index is -0.0138. The Morgan fingerprint density at radius 2 is 2.14 bits per heavy atom. The van der Waals surface area contributed by atoms with Gasteiger partial charge in [-0.15, -0.1) is 11.3 Å². The van der Waals surface area contributed by atoms with Crippen molar-refractivity contribution in [1.82, 2.24) is 20.1 Å². The summed E-state index contributed by atoms with van der Waals surface area (Å²) in [5, 5.41) is 3.95. The van der Waals surface area contributed by atoms with Gasteiger partial charge in [0.05, 0.1) is 25.5 Å². The molecule has 1 aliphatic heterocycles. The van der Waals surface area contributed by atoms with E-state index >= 15 is 0 Å². The molecule has 1 saturated heterocycles. The number of morpholine rings is 1. The molecule has 0 aromatic carbocycles. The van der Waals surface area contributed by atoms with Crippen molar-refractivity contribution in [3.05, 3.63) is 15.6 Å². The smallest absolute Gasteiger partial charge is 0.263 e. The minimum Gasteiger partial charge on any atom is -0.379 e.